The van der Waals surface area contributed by atoms with E-state index < -0.39 is 18.1 Å². The smallest absolute Gasteiger partial charge is 0.310 e. The molecule has 0 spiro atoms. The Morgan fingerprint density at radius 1 is 1.69 bits per heavy atom. The van der Waals surface area contributed by atoms with Gasteiger partial charge in [0.15, 0.2) is 0 Å². The zero-order chi connectivity index (χ0) is 12.3. The van der Waals surface area contributed by atoms with Gasteiger partial charge in [-0.2, -0.15) is 0 Å². The van der Waals surface area contributed by atoms with E-state index >= 15 is 0 Å². The van der Waals surface area contributed by atoms with Crippen molar-refractivity contribution in [1.29, 1.82) is 0 Å². The van der Waals surface area contributed by atoms with Gasteiger partial charge in [0.05, 0.1) is 18.6 Å². The molecular weight excluding hydrogens is 307 g/mol. The molecule has 0 amide bonds. The van der Waals surface area contributed by atoms with Crippen molar-refractivity contribution in [2.75, 3.05) is 7.11 Å². The first-order valence-electron chi connectivity index (χ1n) is 4.15. The van der Waals surface area contributed by atoms with E-state index in [1.807, 2.05) is 0 Å². The minimum absolute atomic E-state index is 0.0649. The predicted octanol–water partition coefficient (Wildman–Crippen LogP) is 3.15. The van der Waals surface area contributed by atoms with E-state index in [1.165, 1.54) is 13.2 Å². The van der Waals surface area contributed by atoms with Crippen molar-refractivity contribution in [3.05, 3.63) is 26.9 Å². The fraction of sp³-hybridized carbons (Fsp3) is 0.333. The lowest BCUT2D eigenvalue weighted by molar-refractivity contribution is -0.139. The number of pyridine rings is 1. The molecule has 0 aliphatic heterocycles. The molecule has 0 aliphatic rings. The van der Waals surface area contributed by atoms with Gasteiger partial charge >= 0.3 is 5.97 Å². The largest absolute Gasteiger partial charge is 0.469 e. The van der Waals surface area contributed by atoms with Crippen LogP contribution in [0.2, 0.25) is 5.02 Å². The molecule has 88 valence electrons. The third-order valence-electron chi connectivity index (χ3n) is 1.81. The molecule has 0 radical (unpaired) electrons. The highest BCUT2D eigenvalue weighted by atomic mass is 79.9. The van der Waals surface area contributed by atoms with E-state index in [1.54, 1.807) is 0 Å². The highest BCUT2D eigenvalue weighted by Crippen LogP contribution is 2.28. The van der Waals surface area contributed by atoms with Gasteiger partial charge in [0, 0.05) is 0 Å². The second-order valence-corrected chi connectivity index (χ2v) is 4.02. The highest BCUT2D eigenvalue weighted by Gasteiger charge is 2.19. The SMILES string of the molecule is COC(=O)Cc1cc(Cl)c(Br)nc1C(F)F. The molecule has 0 fully saturated rings. The molecule has 0 bridgehead atoms. The Labute approximate surface area is 104 Å². The second kappa shape index (κ2) is 5.54. The van der Waals surface area contributed by atoms with E-state index in [0.717, 1.165) is 0 Å². The Balaban J connectivity index is 3.14. The zero-order valence-corrected chi connectivity index (χ0v) is 10.5. The van der Waals surface area contributed by atoms with Crippen LogP contribution in [0, 0.1) is 0 Å². The minimum atomic E-state index is -2.77. The molecule has 0 N–H and O–H groups in total. The molecule has 0 atom stereocenters. The van der Waals surface area contributed by atoms with E-state index in [4.69, 9.17) is 11.6 Å². The van der Waals surface area contributed by atoms with Crippen LogP contribution in [0.4, 0.5) is 8.78 Å². The molecular formula is C9H7BrClF2NO2. The quantitative estimate of drug-likeness (QED) is 0.635. The van der Waals surface area contributed by atoms with Gasteiger partial charge in [0.25, 0.3) is 6.43 Å². The summed E-state index contributed by atoms with van der Waals surface area (Å²) in [6, 6.07) is 1.27. The number of halogens is 4. The van der Waals surface area contributed by atoms with Crippen LogP contribution < -0.4 is 0 Å². The maximum Gasteiger partial charge on any atom is 0.310 e. The van der Waals surface area contributed by atoms with Gasteiger partial charge < -0.3 is 4.74 Å². The van der Waals surface area contributed by atoms with Crippen LogP contribution in [0.15, 0.2) is 10.7 Å². The summed E-state index contributed by atoms with van der Waals surface area (Å²) in [5.41, 5.74) is -0.406. The summed E-state index contributed by atoms with van der Waals surface area (Å²) in [7, 11) is 1.18. The number of nitrogens with zero attached hydrogens (tertiary/aromatic N) is 1. The lowest BCUT2D eigenvalue weighted by Gasteiger charge is -2.08. The molecule has 0 unspecified atom stereocenters. The van der Waals surface area contributed by atoms with Gasteiger partial charge in [-0.25, -0.2) is 13.8 Å². The van der Waals surface area contributed by atoms with Crippen molar-refractivity contribution in [3.8, 4) is 0 Å². The molecule has 1 heterocycles. The summed E-state index contributed by atoms with van der Waals surface area (Å²) in [5.74, 6) is -0.623. The lowest BCUT2D eigenvalue weighted by Crippen LogP contribution is -2.09. The van der Waals surface area contributed by atoms with Crippen LogP contribution in [0.1, 0.15) is 17.7 Å². The van der Waals surface area contributed by atoms with Crippen molar-refractivity contribution in [2.45, 2.75) is 12.8 Å². The van der Waals surface area contributed by atoms with Gasteiger partial charge in [-0.1, -0.05) is 11.6 Å². The number of carbonyl (C=O) groups excluding carboxylic acids is 1. The average Bonchev–Trinajstić information content (AvgIpc) is 2.22. The van der Waals surface area contributed by atoms with Crippen LogP contribution in [-0.4, -0.2) is 18.1 Å². The number of methoxy groups -OCH3 is 1. The number of hydrogen-bond donors (Lipinski definition) is 0. The van der Waals surface area contributed by atoms with Crippen molar-refractivity contribution >= 4 is 33.5 Å². The summed E-state index contributed by atoms with van der Waals surface area (Å²) >= 11 is 8.65. The van der Waals surface area contributed by atoms with E-state index in [-0.39, 0.29) is 21.6 Å². The third-order valence-corrected chi connectivity index (χ3v) is 2.94. The van der Waals surface area contributed by atoms with Crippen LogP contribution in [0.5, 0.6) is 0 Å². The third kappa shape index (κ3) is 3.12. The Morgan fingerprint density at radius 2 is 2.31 bits per heavy atom. The van der Waals surface area contributed by atoms with Crippen molar-refractivity contribution < 1.29 is 18.3 Å². The van der Waals surface area contributed by atoms with Gasteiger partial charge in [0.1, 0.15) is 10.3 Å². The fourth-order valence-electron chi connectivity index (χ4n) is 1.08. The van der Waals surface area contributed by atoms with Crippen molar-refractivity contribution in [2.24, 2.45) is 0 Å². The van der Waals surface area contributed by atoms with E-state index in [0.29, 0.717) is 0 Å². The monoisotopic (exact) mass is 313 g/mol. The molecule has 3 nitrogen and oxygen atoms in total. The molecule has 16 heavy (non-hydrogen) atoms. The van der Waals surface area contributed by atoms with Gasteiger partial charge in [0.2, 0.25) is 0 Å². The molecule has 1 aromatic rings. The summed E-state index contributed by atoms with van der Waals surface area (Å²) < 4.78 is 29.7. The second-order valence-electron chi connectivity index (χ2n) is 2.86. The fourth-order valence-corrected chi connectivity index (χ4v) is 1.56. The summed E-state index contributed by atoms with van der Waals surface area (Å²) in [6.07, 6.45) is -3.05. The van der Waals surface area contributed by atoms with E-state index in [2.05, 4.69) is 25.7 Å². The highest BCUT2D eigenvalue weighted by molar-refractivity contribution is 9.10. The van der Waals surface area contributed by atoms with Gasteiger partial charge in [-0.15, -0.1) is 0 Å². The number of alkyl halides is 2. The molecule has 0 saturated heterocycles. The predicted molar refractivity (Wildman–Crippen MR) is 57.6 cm³/mol. The number of ether oxygens (including phenoxy) is 1. The standard InChI is InChI=1S/C9H7BrClF2NO2/c1-16-6(15)3-4-2-5(11)8(10)14-7(4)9(12)13/h2,9H,3H2,1H3. The van der Waals surface area contributed by atoms with E-state index in [9.17, 15) is 13.6 Å². The topological polar surface area (TPSA) is 39.2 Å². The molecule has 7 heteroatoms. The van der Waals surface area contributed by atoms with Crippen molar-refractivity contribution in [3.63, 3.8) is 0 Å². The van der Waals surface area contributed by atoms with Crippen LogP contribution >= 0.6 is 27.5 Å². The van der Waals surface area contributed by atoms with Crippen molar-refractivity contribution in [1.82, 2.24) is 4.98 Å². The Morgan fingerprint density at radius 3 is 2.81 bits per heavy atom. The van der Waals surface area contributed by atoms with Crippen LogP contribution in [0.25, 0.3) is 0 Å². The molecule has 1 aromatic heterocycles. The summed E-state index contributed by atoms with van der Waals surface area (Å²) in [5, 5.41) is 0.170. The Kier molecular flexibility index (Phi) is 4.61. The summed E-state index contributed by atoms with van der Waals surface area (Å²) in [6.45, 7) is 0. The molecule has 0 aromatic carbocycles. The van der Waals surface area contributed by atoms with Gasteiger partial charge in [-0.3, -0.25) is 4.79 Å². The number of carbonyl (C=O) groups is 1. The number of esters is 1. The molecule has 1 rings (SSSR count). The average molecular weight is 315 g/mol. The number of hydrogen-bond acceptors (Lipinski definition) is 3. The first kappa shape index (κ1) is 13.3. The normalized spacial score (nSPS) is 10.6. The van der Waals surface area contributed by atoms with Crippen LogP contribution in [0.3, 0.4) is 0 Å². The first-order chi connectivity index (χ1) is 7.45. The molecule has 0 aliphatic carbocycles. The Bertz CT molecular complexity index is 415. The maximum absolute atomic E-state index is 12.6. The summed E-state index contributed by atoms with van der Waals surface area (Å²) in [4.78, 5) is 14.6. The first-order valence-corrected chi connectivity index (χ1v) is 5.32. The maximum atomic E-state index is 12.6. The Hall–Kier alpha value is -0.750. The number of aromatic nitrogens is 1. The minimum Gasteiger partial charge on any atom is -0.469 e. The number of rotatable bonds is 3. The van der Waals surface area contributed by atoms with Crippen LogP contribution in [-0.2, 0) is 16.0 Å². The zero-order valence-electron chi connectivity index (χ0n) is 8.14. The van der Waals surface area contributed by atoms with Gasteiger partial charge in [-0.05, 0) is 27.6 Å². The molecule has 0 saturated carbocycles. The lowest BCUT2D eigenvalue weighted by atomic mass is 10.1.